The van der Waals surface area contributed by atoms with Crippen LogP contribution in [0.1, 0.15) is 27.7 Å². The topological polar surface area (TPSA) is 27.3 Å². The third-order valence-corrected chi connectivity index (χ3v) is 2.76. The van der Waals surface area contributed by atoms with Crippen molar-refractivity contribution in [1.29, 1.82) is 0 Å². The van der Waals surface area contributed by atoms with Crippen molar-refractivity contribution in [2.24, 2.45) is 5.92 Å². The molecule has 0 aliphatic carbocycles. The van der Waals surface area contributed by atoms with Crippen LogP contribution in [0, 0.1) is 5.92 Å². The minimum Gasteiger partial charge on any atom is -0.314 e. The van der Waals surface area contributed by atoms with Gasteiger partial charge in [0.05, 0.1) is 0 Å². The van der Waals surface area contributed by atoms with Crippen LogP contribution < -0.4 is 10.6 Å². The smallest absolute Gasteiger partial charge is 0.0107 e. The third kappa shape index (κ3) is 6.13. The van der Waals surface area contributed by atoms with E-state index in [1.165, 1.54) is 19.6 Å². The van der Waals surface area contributed by atoms with Gasteiger partial charge in [-0.1, -0.05) is 6.92 Å². The van der Waals surface area contributed by atoms with Crippen molar-refractivity contribution >= 4 is 0 Å². The Morgan fingerprint density at radius 1 is 1.27 bits per heavy atom. The van der Waals surface area contributed by atoms with Gasteiger partial charge in [0.1, 0.15) is 0 Å². The fourth-order valence-corrected chi connectivity index (χ4v) is 1.88. The summed E-state index contributed by atoms with van der Waals surface area (Å²) < 4.78 is 0. The average molecular weight is 213 g/mol. The second kappa shape index (κ2) is 5.83. The van der Waals surface area contributed by atoms with E-state index < -0.39 is 0 Å². The Kier molecular flexibility index (Phi) is 5.03. The normalized spacial score (nSPS) is 21.6. The van der Waals surface area contributed by atoms with E-state index in [4.69, 9.17) is 0 Å². The SMILES string of the molecule is CC(CNC(C)(C)C)CN1CCNCC1. The van der Waals surface area contributed by atoms with Gasteiger partial charge in [-0.2, -0.15) is 0 Å². The zero-order valence-electron chi connectivity index (χ0n) is 10.8. The molecule has 3 heteroatoms. The molecule has 0 aromatic carbocycles. The largest absolute Gasteiger partial charge is 0.314 e. The van der Waals surface area contributed by atoms with Crippen molar-refractivity contribution in [1.82, 2.24) is 15.5 Å². The van der Waals surface area contributed by atoms with Crippen LogP contribution in [-0.4, -0.2) is 49.7 Å². The molecule has 15 heavy (non-hydrogen) atoms. The summed E-state index contributed by atoms with van der Waals surface area (Å²) in [6, 6.07) is 0. The number of rotatable bonds is 4. The van der Waals surface area contributed by atoms with E-state index in [0.717, 1.165) is 25.6 Å². The molecule has 1 heterocycles. The van der Waals surface area contributed by atoms with Crippen LogP contribution in [0.15, 0.2) is 0 Å². The van der Waals surface area contributed by atoms with Crippen molar-refractivity contribution in [3.63, 3.8) is 0 Å². The van der Waals surface area contributed by atoms with Crippen molar-refractivity contribution in [2.75, 3.05) is 39.3 Å². The van der Waals surface area contributed by atoms with E-state index in [1.54, 1.807) is 0 Å². The van der Waals surface area contributed by atoms with Gasteiger partial charge in [0, 0.05) is 38.3 Å². The summed E-state index contributed by atoms with van der Waals surface area (Å²) in [4.78, 5) is 2.56. The van der Waals surface area contributed by atoms with Gasteiger partial charge in [-0.15, -0.1) is 0 Å². The van der Waals surface area contributed by atoms with Crippen LogP contribution in [0.2, 0.25) is 0 Å². The van der Waals surface area contributed by atoms with E-state index in [-0.39, 0.29) is 5.54 Å². The van der Waals surface area contributed by atoms with Crippen molar-refractivity contribution in [2.45, 2.75) is 33.2 Å². The Balaban J connectivity index is 2.14. The lowest BCUT2D eigenvalue weighted by molar-refractivity contribution is 0.204. The molecule has 1 unspecified atom stereocenters. The number of nitrogens with zero attached hydrogens (tertiary/aromatic N) is 1. The Bertz CT molecular complexity index is 168. The molecule has 3 nitrogen and oxygen atoms in total. The van der Waals surface area contributed by atoms with E-state index in [1.807, 2.05) is 0 Å². The van der Waals surface area contributed by atoms with Gasteiger partial charge >= 0.3 is 0 Å². The highest BCUT2D eigenvalue weighted by atomic mass is 15.2. The van der Waals surface area contributed by atoms with Crippen LogP contribution in [0.5, 0.6) is 0 Å². The number of nitrogens with one attached hydrogen (secondary N) is 2. The average Bonchev–Trinajstić information content (AvgIpc) is 2.15. The Morgan fingerprint density at radius 3 is 2.40 bits per heavy atom. The molecular weight excluding hydrogens is 186 g/mol. The molecule has 1 atom stereocenters. The van der Waals surface area contributed by atoms with Crippen molar-refractivity contribution in [3.8, 4) is 0 Å². The standard InChI is InChI=1S/C12H27N3/c1-11(9-14-12(2,3)4)10-15-7-5-13-6-8-15/h11,13-14H,5-10H2,1-4H3. The molecule has 0 aromatic rings. The summed E-state index contributed by atoms with van der Waals surface area (Å²) >= 11 is 0. The quantitative estimate of drug-likeness (QED) is 0.727. The molecule has 0 amide bonds. The lowest BCUT2D eigenvalue weighted by atomic mass is 10.1. The summed E-state index contributed by atoms with van der Waals surface area (Å²) in [5.41, 5.74) is 0.248. The summed E-state index contributed by atoms with van der Waals surface area (Å²) in [6.45, 7) is 16.1. The molecule has 0 saturated carbocycles. The molecule has 1 aliphatic heterocycles. The van der Waals surface area contributed by atoms with Crippen LogP contribution >= 0.6 is 0 Å². The first kappa shape index (κ1) is 12.9. The van der Waals surface area contributed by atoms with Gasteiger partial charge in [0.25, 0.3) is 0 Å². The van der Waals surface area contributed by atoms with Gasteiger partial charge < -0.3 is 15.5 Å². The number of hydrogen-bond acceptors (Lipinski definition) is 3. The van der Waals surface area contributed by atoms with Crippen molar-refractivity contribution < 1.29 is 0 Å². The zero-order valence-corrected chi connectivity index (χ0v) is 10.8. The lowest BCUT2D eigenvalue weighted by Gasteiger charge is -2.31. The molecule has 0 spiro atoms. The number of hydrogen-bond donors (Lipinski definition) is 2. The molecule has 1 rings (SSSR count). The molecular formula is C12H27N3. The molecule has 1 saturated heterocycles. The number of piperazine rings is 1. The lowest BCUT2D eigenvalue weighted by Crippen LogP contribution is -2.47. The molecule has 2 N–H and O–H groups in total. The minimum absolute atomic E-state index is 0.248. The van der Waals surface area contributed by atoms with Crippen molar-refractivity contribution in [3.05, 3.63) is 0 Å². The molecule has 90 valence electrons. The molecule has 0 bridgehead atoms. The monoisotopic (exact) mass is 213 g/mol. The predicted molar refractivity (Wildman–Crippen MR) is 66.2 cm³/mol. The second-order valence-electron chi connectivity index (χ2n) is 5.79. The summed E-state index contributed by atoms with van der Waals surface area (Å²) in [5.74, 6) is 0.738. The van der Waals surface area contributed by atoms with Crippen LogP contribution in [0.25, 0.3) is 0 Å². The van der Waals surface area contributed by atoms with Gasteiger partial charge in [-0.3, -0.25) is 0 Å². The van der Waals surface area contributed by atoms with Crippen LogP contribution in [0.3, 0.4) is 0 Å². The third-order valence-electron chi connectivity index (χ3n) is 2.76. The molecule has 1 fully saturated rings. The highest BCUT2D eigenvalue weighted by molar-refractivity contribution is 4.75. The maximum atomic E-state index is 3.57. The fraction of sp³-hybridized carbons (Fsp3) is 1.00. The highest BCUT2D eigenvalue weighted by Gasteiger charge is 2.15. The fourth-order valence-electron chi connectivity index (χ4n) is 1.88. The summed E-state index contributed by atoms with van der Waals surface area (Å²) in [6.07, 6.45) is 0. The van der Waals surface area contributed by atoms with E-state index in [0.29, 0.717) is 0 Å². The minimum atomic E-state index is 0.248. The zero-order chi connectivity index (χ0) is 11.3. The molecule has 0 radical (unpaired) electrons. The first-order chi connectivity index (χ1) is 6.97. The van der Waals surface area contributed by atoms with Gasteiger partial charge in [0.15, 0.2) is 0 Å². The molecule has 1 aliphatic rings. The van der Waals surface area contributed by atoms with Crippen LogP contribution in [-0.2, 0) is 0 Å². The van der Waals surface area contributed by atoms with E-state index in [9.17, 15) is 0 Å². The Hall–Kier alpha value is -0.120. The Labute approximate surface area is 94.6 Å². The summed E-state index contributed by atoms with van der Waals surface area (Å²) in [7, 11) is 0. The van der Waals surface area contributed by atoms with Gasteiger partial charge in [-0.25, -0.2) is 0 Å². The highest BCUT2D eigenvalue weighted by Crippen LogP contribution is 2.04. The van der Waals surface area contributed by atoms with E-state index >= 15 is 0 Å². The summed E-state index contributed by atoms with van der Waals surface area (Å²) in [5, 5.41) is 6.96. The Morgan fingerprint density at radius 2 is 1.87 bits per heavy atom. The second-order valence-corrected chi connectivity index (χ2v) is 5.79. The van der Waals surface area contributed by atoms with E-state index in [2.05, 4.69) is 43.2 Å². The van der Waals surface area contributed by atoms with Crippen LogP contribution in [0.4, 0.5) is 0 Å². The van der Waals surface area contributed by atoms with Gasteiger partial charge in [0.2, 0.25) is 0 Å². The maximum absolute atomic E-state index is 3.57. The first-order valence-electron chi connectivity index (χ1n) is 6.15. The predicted octanol–water partition coefficient (Wildman–Crippen LogP) is 0.916. The van der Waals surface area contributed by atoms with Gasteiger partial charge in [-0.05, 0) is 33.2 Å². The molecule has 0 aromatic heterocycles. The first-order valence-corrected chi connectivity index (χ1v) is 6.15. The maximum Gasteiger partial charge on any atom is 0.0107 e.